The second-order valence-corrected chi connectivity index (χ2v) is 14.7. The van der Waals surface area contributed by atoms with Crippen LogP contribution in [-0.2, 0) is 9.47 Å². The van der Waals surface area contributed by atoms with Crippen LogP contribution in [0.5, 0.6) is 11.5 Å². The maximum atomic E-state index is 10.9. The van der Waals surface area contributed by atoms with E-state index in [1.54, 1.807) is 18.9 Å². The third-order valence-electron chi connectivity index (χ3n) is 4.54. The summed E-state index contributed by atoms with van der Waals surface area (Å²) in [5, 5.41) is 10.8. The molecule has 0 spiro atoms. The average Bonchev–Trinajstić information content (AvgIpc) is 3.00. The molecule has 25 heavy (non-hydrogen) atoms. The molecule has 0 radical (unpaired) electrons. The van der Waals surface area contributed by atoms with Crippen molar-refractivity contribution >= 4 is 19.8 Å². The van der Waals surface area contributed by atoms with Gasteiger partial charge in [0.05, 0.1) is 19.0 Å². The van der Waals surface area contributed by atoms with Gasteiger partial charge in [0.15, 0.2) is 12.4 Å². The molecule has 1 aromatic carbocycles. The van der Waals surface area contributed by atoms with Gasteiger partial charge in [0.1, 0.15) is 23.7 Å². The van der Waals surface area contributed by atoms with Crippen molar-refractivity contribution in [3.8, 4) is 11.5 Å². The SMILES string of the molecule is COc1ccc(O[C@H]2[C@H](O)[C@@H](SCC[Si](C)(C)C)[C@@H]3OC[C@H]2O3)cc1. The number of thioether (sulfide) groups is 1. The Hall–Kier alpha value is -0.733. The van der Waals surface area contributed by atoms with E-state index in [4.69, 9.17) is 18.9 Å². The molecule has 2 fully saturated rings. The van der Waals surface area contributed by atoms with Crippen LogP contribution < -0.4 is 9.47 Å². The van der Waals surface area contributed by atoms with Crippen LogP contribution in [0.3, 0.4) is 0 Å². The fourth-order valence-electron chi connectivity index (χ4n) is 2.99. The number of fused-ring (bicyclic) bond motifs is 2. The number of benzene rings is 1. The third-order valence-corrected chi connectivity index (χ3v) is 7.97. The molecule has 140 valence electrons. The molecule has 2 aliphatic rings. The van der Waals surface area contributed by atoms with Gasteiger partial charge in [0.25, 0.3) is 0 Å². The van der Waals surface area contributed by atoms with E-state index in [0.29, 0.717) is 12.4 Å². The Morgan fingerprint density at radius 2 is 1.88 bits per heavy atom. The maximum Gasteiger partial charge on any atom is 0.172 e. The molecular weight excluding hydrogens is 356 g/mol. The second-order valence-electron chi connectivity index (χ2n) is 7.77. The molecule has 2 heterocycles. The standard InChI is InChI=1S/C18H28O5SSi/c1-20-12-5-7-13(8-6-12)22-16-14-11-21-18(23-14)17(15(16)19)24-9-10-25(2,3)4/h5-8,14-19H,9-11H2,1-4H3/t14-,15+,16-,17-,18-/m1/s1. The number of aliphatic hydroxyl groups excluding tert-OH is 1. The molecule has 1 N–H and O–H groups in total. The van der Waals surface area contributed by atoms with E-state index >= 15 is 0 Å². The van der Waals surface area contributed by atoms with Gasteiger partial charge < -0.3 is 24.1 Å². The van der Waals surface area contributed by atoms with Gasteiger partial charge in [-0.1, -0.05) is 19.6 Å². The van der Waals surface area contributed by atoms with E-state index in [1.807, 2.05) is 24.3 Å². The van der Waals surface area contributed by atoms with E-state index in [1.165, 1.54) is 6.04 Å². The number of hydrogen-bond donors (Lipinski definition) is 1. The largest absolute Gasteiger partial charge is 0.497 e. The Kier molecular flexibility index (Phi) is 6.00. The topological polar surface area (TPSA) is 57.2 Å². The zero-order valence-corrected chi connectivity index (χ0v) is 17.1. The highest BCUT2D eigenvalue weighted by Gasteiger charge is 2.51. The first-order chi connectivity index (χ1) is 11.9. The lowest BCUT2D eigenvalue weighted by Gasteiger charge is -2.38. The Morgan fingerprint density at radius 1 is 1.20 bits per heavy atom. The van der Waals surface area contributed by atoms with Gasteiger partial charge >= 0.3 is 0 Å². The summed E-state index contributed by atoms with van der Waals surface area (Å²) in [6.45, 7) is 7.55. The van der Waals surface area contributed by atoms with Crippen LogP contribution in [0.15, 0.2) is 24.3 Å². The van der Waals surface area contributed by atoms with Crippen molar-refractivity contribution in [2.24, 2.45) is 0 Å². The normalized spacial score (nSPS) is 31.8. The molecule has 0 amide bonds. The van der Waals surface area contributed by atoms with Crippen molar-refractivity contribution < 1.29 is 24.1 Å². The summed E-state index contributed by atoms with van der Waals surface area (Å²) in [5.74, 6) is 2.49. The van der Waals surface area contributed by atoms with Crippen molar-refractivity contribution in [2.45, 2.75) is 55.5 Å². The molecule has 1 aromatic rings. The number of aliphatic hydroxyl groups is 1. The van der Waals surface area contributed by atoms with Crippen molar-refractivity contribution in [1.29, 1.82) is 0 Å². The monoisotopic (exact) mass is 384 g/mol. The quantitative estimate of drug-likeness (QED) is 0.730. The second kappa shape index (κ2) is 7.88. The van der Waals surface area contributed by atoms with Gasteiger partial charge in [-0.2, -0.15) is 11.8 Å². The van der Waals surface area contributed by atoms with Crippen LogP contribution in [0.1, 0.15) is 0 Å². The molecule has 0 saturated carbocycles. The van der Waals surface area contributed by atoms with E-state index in [-0.39, 0.29) is 17.6 Å². The van der Waals surface area contributed by atoms with Crippen LogP contribution in [0.4, 0.5) is 0 Å². The minimum Gasteiger partial charge on any atom is -0.497 e. The zero-order chi connectivity index (χ0) is 18.0. The smallest absolute Gasteiger partial charge is 0.172 e. The highest BCUT2D eigenvalue weighted by Crippen LogP contribution is 2.37. The highest BCUT2D eigenvalue weighted by molar-refractivity contribution is 8.00. The molecule has 3 rings (SSSR count). The van der Waals surface area contributed by atoms with Gasteiger partial charge in [0.2, 0.25) is 0 Å². The van der Waals surface area contributed by atoms with Crippen LogP contribution in [0.2, 0.25) is 25.7 Å². The number of ether oxygens (including phenoxy) is 4. The first-order valence-corrected chi connectivity index (χ1v) is 13.5. The fraction of sp³-hybridized carbons (Fsp3) is 0.667. The number of rotatable bonds is 7. The van der Waals surface area contributed by atoms with Crippen LogP contribution in [-0.4, -0.2) is 62.5 Å². The first-order valence-electron chi connectivity index (χ1n) is 8.75. The first kappa shape index (κ1) is 19.0. The molecule has 2 aliphatic heterocycles. The average molecular weight is 385 g/mol. The summed E-state index contributed by atoms with van der Waals surface area (Å²) >= 11 is 1.75. The molecule has 2 saturated heterocycles. The Morgan fingerprint density at radius 3 is 2.52 bits per heavy atom. The maximum absolute atomic E-state index is 10.9. The van der Waals surface area contributed by atoms with Gasteiger partial charge in [-0.15, -0.1) is 0 Å². The predicted octanol–water partition coefficient (Wildman–Crippen LogP) is 3.00. The van der Waals surface area contributed by atoms with Crippen molar-refractivity contribution in [2.75, 3.05) is 19.5 Å². The molecule has 5 atom stereocenters. The molecule has 0 unspecified atom stereocenters. The van der Waals surface area contributed by atoms with Gasteiger partial charge in [-0.05, 0) is 36.1 Å². The van der Waals surface area contributed by atoms with Crippen LogP contribution >= 0.6 is 11.8 Å². The summed E-state index contributed by atoms with van der Waals surface area (Å²) in [4.78, 5) is 0. The van der Waals surface area contributed by atoms with Crippen LogP contribution in [0.25, 0.3) is 0 Å². The molecule has 7 heteroatoms. The predicted molar refractivity (Wildman–Crippen MR) is 102 cm³/mol. The Labute approximate surface area is 155 Å². The zero-order valence-electron chi connectivity index (χ0n) is 15.3. The molecule has 0 aliphatic carbocycles. The summed E-state index contributed by atoms with van der Waals surface area (Å²) < 4.78 is 22.9. The molecule has 5 nitrogen and oxygen atoms in total. The van der Waals surface area contributed by atoms with E-state index < -0.39 is 20.3 Å². The molecular formula is C18H28O5SSi. The summed E-state index contributed by atoms with van der Waals surface area (Å²) in [6, 6.07) is 8.60. The lowest BCUT2D eigenvalue weighted by Crippen LogP contribution is -2.55. The Bertz CT molecular complexity index is 562. The highest BCUT2D eigenvalue weighted by atomic mass is 32.2. The Balaban J connectivity index is 1.64. The van der Waals surface area contributed by atoms with E-state index in [9.17, 15) is 5.11 Å². The lowest BCUT2D eigenvalue weighted by atomic mass is 10.0. The van der Waals surface area contributed by atoms with Gasteiger partial charge in [-0.25, -0.2) is 0 Å². The van der Waals surface area contributed by atoms with Crippen molar-refractivity contribution in [3.63, 3.8) is 0 Å². The van der Waals surface area contributed by atoms with E-state index in [0.717, 1.165) is 11.5 Å². The number of hydrogen-bond acceptors (Lipinski definition) is 6. The lowest BCUT2D eigenvalue weighted by molar-refractivity contribution is -0.153. The van der Waals surface area contributed by atoms with Crippen molar-refractivity contribution in [1.82, 2.24) is 0 Å². The summed E-state index contributed by atoms with van der Waals surface area (Å²) in [5.41, 5.74) is 0. The van der Waals surface area contributed by atoms with E-state index in [2.05, 4.69) is 19.6 Å². The number of methoxy groups -OCH3 is 1. The summed E-state index contributed by atoms with van der Waals surface area (Å²) in [6.07, 6.45) is -1.59. The summed E-state index contributed by atoms with van der Waals surface area (Å²) in [7, 11) is 0.532. The van der Waals surface area contributed by atoms with Crippen LogP contribution in [0, 0.1) is 0 Å². The van der Waals surface area contributed by atoms with Crippen molar-refractivity contribution in [3.05, 3.63) is 24.3 Å². The fourth-order valence-corrected chi connectivity index (χ4v) is 6.83. The third kappa shape index (κ3) is 4.71. The molecule has 2 bridgehead atoms. The van der Waals surface area contributed by atoms with Gasteiger partial charge in [0, 0.05) is 8.07 Å². The minimum atomic E-state index is -1.10. The van der Waals surface area contributed by atoms with Gasteiger partial charge in [-0.3, -0.25) is 0 Å². The molecule has 0 aromatic heterocycles. The minimum absolute atomic E-state index is 0.113.